The van der Waals surface area contributed by atoms with Crippen molar-refractivity contribution in [1.29, 1.82) is 0 Å². The lowest BCUT2D eigenvalue weighted by Crippen LogP contribution is -2.40. The van der Waals surface area contributed by atoms with Gasteiger partial charge in [-0.3, -0.25) is 9.59 Å². The average molecular weight is 356 g/mol. The lowest BCUT2D eigenvalue weighted by molar-refractivity contribution is -0.136. The number of hydrogen-bond acceptors (Lipinski definition) is 4. The Labute approximate surface area is 153 Å². The van der Waals surface area contributed by atoms with E-state index in [1.165, 1.54) is 4.90 Å². The van der Waals surface area contributed by atoms with E-state index < -0.39 is 0 Å². The van der Waals surface area contributed by atoms with Crippen LogP contribution in [0, 0.1) is 6.92 Å². The number of nitrogens with one attached hydrogen (secondary N) is 1. The molecule has 0 saturated carbocycles. The third-order valence-corrected chi connectivity index (χ3v) is 3.89. The Morgan fingerprint density at radius 2 is 1.77 bits per heavy atom. The summed E-state index contributed by atoms with van der Waals surface area (Å²) >= 11 is 0. The van der Waals surface area contributed by atoms with E-state index in [4.69, 9.17) is 9.47 Å². The van der Waals surface area contributed by atoms with E-state index in [9.17, 15) is 9.59 Å². The van der Waals surface area contributed by atoms with E-state index in [0.29, 0.717) is 23.7 Å². The molecule has 0 unspecified atom stereocenters. The molecule has 0 saturated heterocycles. The summed E-state index contributed by atoms with van der Waals surface area (Å²) < 4.78 is 10.6. The van der Waals surface area contributed by atoms with Gasteiger partial charge in [-0.25, -0.2) is 0 Å². The molecule has 0 atom stereocenters. The van der Waals surface area contributed by atoms with Crippen LogP contribution in [0.5, 0.6) is 11.5 Å². The molecule has 2 aromatic carbocycles. The quantitative estimate of drug-likeness (QED) is 0.790. The molecular formula is C20H24N2O4. The van der Waals surface area contributed by atoms with Crippen molar-refractivity contribution in [2.75, 3.05) is 32.1 Å². The summed E-state index contributed by atoms with van der Waals surface area (Å²) in [5.74, 6) is 0.878. The van der Waals surface area contributed by atoms with Gasteiger partial charge in [0.25, 0.3) is 5.91 Å². The molecule has 0 fully saturated rings. The van der Waals surface area contributed by atoms with Crippen molar-refractivity contribution >= 4 is 17.5 Å². The zero-order chi connectivity index (χ0) is 18.9. The van der Waals surface area contributed by atoms with Gasteiger partial charge in [0, 0.05) is 12.2 Å². The first kappa shape index (κ1) is 19.3. The molecule has 2 rings (SSSR count). The number of para-hydroxylation sites is 1. The van der Waals surface area contributed by atoms with Crippen molar-refractivity contribution < 1.29 is 19.1 Å². The Kier molecular flexibility index (Phi) is 7.02. The number of ether oxygens (including phenoxy) is 2. The predicted molar refractivity (Wildman–Crippen MR) is 101 cm³/mol. The molecular weight excluding hydrogens is 332 g/mol. The van der Waals surface area contributed by atoms with Crippen molar-refractivity contribution in [1.82, 2.24) is 4.90 Å². The van der Waals surface area contributed by atoms with Crippen molar-refractivity contribution in [3.05, 3.63) is 54.1 Å². The van der Waals surface area contributed by atoms with Crippen LogP contribution in [0.3, 0.4) is 0 Å². The van der Waals surface area contributed by atoms with Gasteiger partial charge in [0.2, 0.25) is 5.91 Å². The van der Waals surface area contributed by atoms with Gasteiger partial charge in [0.15, 0.2) is 6.61 Å². The molecule has 6 nitrogen and oxygen atoms in total. The Morgan fingerprint density at radius 3 is 2.38 bits per heavy atom. The molecule has 1 N–H and O–H groups in total. The minimum absolute atomic E-state index is 0.0293. The molecule has 6 heteroatoms. The molecule has 138 valence electrons. The van der Waals surface area contributed by atoms with Crippen molar-refractivity contribution in [2.24, 2.45) is 0 Å². The predicted octanol–water partition coefficient (Wildman–Crippen LogP) is 2.87. The summed E-state index contributed by atoms with van der Waals surface area (Å²) in [6.45, 7) is 4.03. The number of carbonyl (C=O) groups is 2. The molecule has 0 aliphatic rings. The van der Waals surface area contributed by atoms with Crippen molar-refractivity contribution in [2.45, 2.75) is 13.8 Å². The highest BCUT2D eigenvalue weighted by atomic mass is 16.5. The van der Waals surface area contributed by atoms with E-state index in [2.05, 4.69) is 5.32 Å². The molecule has 0 heterocycles. The van der Waals surface area contributed by atoms with Crippen LogP contribution in [0.15, 0.2) is 48.5 Å². The van der Waals surface area contributed by atoms with Crippen LogP contribution in [0.4, 0.5) is 5.69 Å². The fourth-order valence-corrected chi connectivity index (χ4v) is 2.37. The Hall–Kier alpha value is -3.02. The smallest absolute Gasteiger partial charge is 0.260 e. The highest BCUT2D eigenvalue weighted by molar-refractivity contribution is 5.94. The maximum absolute atomic E-state index is 12.3. The summed E-state index contributed by atoms with van der Waals surface area (Å²) in [7, 11) is 1.58. The first-order valence-electron chi connectivity index (χ1n) is 8.43. The number of carbonyl (C=O) groups excluding carboxylic acids is 2. The van der Waals surface area contributed by atoms with Crippen LogP contribution in [0.2, 0.25) is 0 Å². The van der Waals surface area contributed by atoms with E-state index in [0.717, 1.165) is 5.56 Å². The lowest BCUT2D eigenvalue weighted by Gasteiger charge is -2.21. The second-order valence-corrected chi connectivity index (χ2v) is 5.74. The number of aryl methyl sites for hydroxylation is 1. The van der Waals surface area contributed by atoms with Gasteiger partial charge in [0.1, 0.15) is 11.5 Å². The highest BCUT2D eigenvalue weighted by Crippen LogP contribution is 2.16. The number of likely N-dealkylation sites (N-methyl/N-ethyl adjacent to an activating group) is 1. The monoisotopic (exact) mass is 356 g/mol. The minimum atomic E-state index is -0.263. The van der Waals surface area contributed by atoms with E-state index in [1.807, 2.05) is 38.1 Å². The largest absolute Gasteiger partial charge is 0.497 e. The van der Waals surface area contributed by atoms with Gasteiger partial charge < -0.3 is 19.7 Å². The number of benzene rings is 2. The maximum atomic E-state index is 12.3. The van der Waals surface area contributed by atoms with E-state index >= 15 is 0 Å². The third-order valence-electron chi connectivity index (χ3n) is 3.89. The normalized spacial score (nSPS) is 10.1. The van der Waals surface area contributed by atoms with Crippen molar-refractivity contribution in [3.63, 3.8) is 0 Å². The average Bonchev–Trinajstić information content (AvgIpc) is 2.65. The molecule has 0 spiro atoms. The minimum Gasteiger partial charge on any atom is -0.497 e. The van der Waals surface area contributed by atoms with Crippen LogP contribution >= 0.6 is 0 Å². The fraction of sp³-hybridized carbons (Fsp3) is 0.300. The lowest BCUT2D eigenvalue weighted by atomic mass is 10.2. The van der Waals surface area contributed by atoms with E-state index in [1.54, 1.807) is 31.4 Å². The number of hydrogen-bond donors (Lipinski definition) is 1. The zero-order valence-corrected chi connectivity index (χ0v) is 15.3. The molecule has 2 aromatic rings. The number of rotatable bonds is 8. The number of methoxy groups -OCH3 is 1. The Bertz CT molecular complexity index is 744. The number of amides is 2. The Balaban J connectivity index is 1.87. The standard InChI is InChI=1S/C20H24N2O4/c1-4-22(20(24)14-26-18-8-6-5-7-15(18)2)13-19(23)21-16-9-11-17(25-3)12-10-16/h5-12H,4,13-14H2,1-3H3,(H,21,23). The SMILES string of the molecule is CCN(CC(=O)Nc1ccc(OC)cc1)C(=O)COc1ccccc1C. The molecule has 0 aliphatic carbocycles. The maximum Gasteiger partial charge on any atom is 0.260 e. The van der Waals surface area contributed by atoms with Crippen LogP contribution in [0.1, 0.15) is 12.5 Å². The van der Waals surface area contributed by atoms with Crippen LogP contribution < -0.4 is 14.8 Å². The Morgan fingerprint density at radius 1 is 1.08 bits per heavy atom. The number of nitrogens with zero attached hydrogens (tertiary/aromatic N) is 1. The van der Waals surface area contributed by atoms with Crippen LogP contribution in [0.25, 0.3) is 0 Å². The van der Waals surface area contributed by atoms with Gasteiger partial charge in [-0.15, -0.1) is 0 Å². The molecule has 0 aromatic heterocycles. The molecule has 26 heavy (non-hydrogen) atoms. The number of anilines is 1. The summed E-state index contributed by atoms with van der Waals surface area (Å²) in [5.41, 5.74) is 1.61. The van der Waals surface area contributed by atoms with Gasteiger partial charge >= 0.3 is 0 Å². The van der Waals surface area contributed by atoms with Crippen LogP contribution in [-0.2, 0) is 9.59 Å². The fourth-order valence-electron chi connectivity index (χ4n) is 2.37. The second kappa shape index (κ2) is 9.46. The molecule has 0 radical (unpaired) electrons. The van der Waals surface area contributed by atoms with Gasteiger partial charge in [-0.2, -0.15) is 0 Å². The van der Waals surface area contributed by atoms with Crippen molar-refractivity contribution in [3.8, 4) is 11.5 Å². The molecule has 0 aliphatic heterocycles. The third kappa shape index (κ3) is 5.51. The summed E-state index contributed by atoms with van der Waals surface area (Å²) in [4.78, 5) is 26.0. The molecule has 2 amide bonds. The first-order valence-corrected chi connectivity index (χ1v) is 8.43. The van der Waals surface area contributed by atoms with E-state index in [-0.39, 0.29) is 25.0 Å². The van der Waals surface area contributed by atoms with Gasteiger partial charge in [0.05, 0.1) is 13.7 Å². The second-order valence-electron chi connectivity index (χ2n) is 5.74. The van der Waals surface area contributed by atoms with Gasteiger partial charge in [-0.1, -0.05) is 18.2 Å². The topological polar surface area (TPSA) is 67.9 Å². The molecule has 0 bridgehead atoms. The highest BCUT2D eigenvalue weighted by Gasteiger charge is 2.16. The summed E-state index contributed by atoms with van der Waals surface area (Å²) in [6.07, 6.45) is 0. The first-order chi connectivity index (χ1) is 12.5. The summed E-state index contributed by atoms with van der Waals surface area (Å²) in [5, 5.41) is 2.77. The van der Waals surface area contributed by atoms with Gasteiger partial charge in [-0.05, 0) is 49.7 Å². The summed E-state index contributed by atoms with van der Waals surface area (Å²) in [6, 6.07) is 14.5. The van der Waals surface area contributed by atoms with Crippen LogP contribution in [-0.4, -0.2) is 43.5 Å². The zero-order valence-electron chi connectivity index (χ0n) is 15.3.